The monoisotopic (exact) mass is 470 g/mol. The number of nitrogens with one attached hydrogen (secondary N) is 1. The Morgan fingerprint density at radius 1 is 1.21 bits per heavy atom. The van der Waals surface area contributed by atoms with E-state index in [0.29, 0.717) is 16.1 Å². The number of nitriles is 1. The molecule has 2 amide bonds. The summed E-state index contributed by atoms with van der Waals surface area (Å²) in [6.45, 7) is -1.30. The SMILES string of the molecule is N#CC1CC(F)(F)CN1C(=O)CNC(=O)c1ccncc1C1=C(c2ccc(Cl)cc2)CCC1. The van der Waals surface area contributed by atoms with E-state index in [1.807, 2.05) is 24.3 Å². The van der Waals surface area contributed by atoms with E-state index in [4.69, 9.17) is 16.9 Å². The molecule has 0 spiro atoms. The number of benzene rings is 1. The molecule has 1 aliphatic heterocycles. The van der Waals surface area contributed by atoms with E-state index in [2.05, 4.69) is 10.3 Å². The number of aromatic nitrogens is 1. The number of likely N-dealkylation sites (tertiary alicyclic amines) is 1. The molecule has 1 fully saturated rings. The number of amides is 2. The molecule has 1 aliphatic carbocycles. The zero-order valence-corrected chi connectivity index (χ0v) is 18.4. The normalized spacial score (nSPS) is 19.5. The molecule has 170 valence electrons. The topological polar surface area (TPSA) is 86.1 Å². The lowest BCUT2D eigenvalue weighted by molar-refractivity contribution is -0.131. The van der Waals surface area contributed by atoms with Crippen molar-refractivity contribution in [3.63, 3.8) is 0 Å². The second-order valence-corrected chi connectivity index (χ2v) is 8.58. The number of carbonyl (C=O) groups excluding carboxylic acids is 2. The second-order valence-electron chi connectivity index (χ2n) is 8.15. The largest absolute Gasteiger partial charge is 0.343 e. The average molecular weight is 471 g/mol. The maximum Gasteiger partial charge on any atom is 0.268 e. The summed E-state index contributed by atoms with van der Waals surface area (Å²) in [6.07, 6.45) is 4.98. The summed E-state index contributed by atoms with van der Waals surface area (Å²) in [5, 5.41) is 12.2. The number of carbonyl (C=O) groups is 2. The van der Waals surface area contributed by atoms with Gasteiger partial charge in [0.15, 0.2) is 0 Å². The van der Waals surface area contributed by atoms with E-state index in [0.717, 1.165) is 40.9 Å². The summed E-state index contributed by atoms with van der Waals surface area (Å²) in [7, 11) is 0. The van der Waals surface area contributed by atoms with Crippen LogP contribution in [0.5, 0.6) is 0 Å². The van der Waals surface area contributed by atoms with Crippen molar-refractivity contribution in [2.24, 2.45) is 0 Å². The molecule has 33 heavy (non-hydrogen) atoms. The van der Waals surface area contributed by atoms with Crippen LogP contribution in [0.1, 0.15) is 47.2 Å². The molecular formula is C24H21ClF2N4O2. The van der Waals surface area contributed by atoms with Gasteiger partial charge in [-0.1, -0.05) is 23.7 Å². The Labute approximate surface area is 194 Å². The summed E-state index contributed by atoms with van der Waals surface area (Å²) in [5.74, 6) is -4.33. The Morgan fingerprint density at radius 3 is 2.67 bits per heavy atom. The predicted octanol–water partition coefficient (Wildman–Crippen LogP) is 4.32. The molecule has 4 rings (SSSR count). The Bertz CT molecular complexity index is 1160. The molecule has 2 aromatic rings. The predicted molar refractivity (Wildman–Crippen MR) is 119 cm³/mol. The zero-order chi connectivity index (χ0) is 23.6. The Hall–Kier alpha value is -3.31. The quantitative estimate of drug-likeness (QED) is 0.705. The van der Waals surface area contributed by atoms with Crippen LogP contribution in [-0.2, 0) is 4.79 Å². The van der Waals surface area contributed by atoms with Gasteiger partial charge in [-0.05, 0) is 54.2 Å². The molecule has 2 aliphatic rings. The van der Waals surface area contributed by atoms with Crippen molar-refractivity contribution < 1.29 is 18.4 Å². The number of nitrogens with zero attached hydrogens (tertiary/aromatic N) is 3. The van der Waals surface area contributed by atoms with Gasteiger partial charge >= 0.3 is 0 Å². The number of rotatable bonds is 5. The summed E-state index contributed by atoms with van der Waals surface area (Å²) in [4.78, 5) is 30.4. The number of hydrogen-bond acceptors (Lipinski definition) is 4. The fourth-order valence-electron chi connectivity index (χ4n) is 4.39. The van der Waals surface area contributed by atoms with Gasteiger partial charge in [-0.2, -0.15) is 5.26 Å². The number of halogens is 3. The first kappa shape index (κ1) is 22.9. The third-order valence-corrected chi connectivity index (χ3v) is 6.19. The van der Waals surface area contributed by atoms with Crippen LogP contribution in [0.2, 0.25) is 5.02 Å². The van der Waals surface area contributed by atoms with Crippen molar-refractivity contribution in [3.8, 4) is 6.07 Å². The Balaban J connectivity index is 1.53. The van der Waals surface area contributed by atoms with E-state index in [1.165, 1.54) is 6.20 Å². The molecule has 1 unspecified atom stereocenters. The molecular weight excluding hydrogens is 450 g/mol. The van der Waals surface area contributed by atoms with Crippen LogP contribution in [-0.4, -0.2) is 46.8 Å². The Morgan fingerprint density at radius 2 is 1.94 bits per heavy atom. The second kappa shape index (κ2) is 9.28. The van der Waals surface area contributed by atoms with Crippen molar-refractivity contribution in [1.29, 1.82) is 5.26 Å². The van der Waals surface area contributed by atoms with Gasteiger partial charge in [0.25, 0.3) is 11.8 Å². The van der Waals surface area contributed by atoms with Crippen LogP contribution >= 0.6 is 11.6 Å². The Kier molecular flexibility index (Phi) is 6.43. The highest BCUT2D eigenvalue weighted by atomic mass is 35.5. The number of pyridine rings is 1. The summed E-state index contributed by atoms with van der Waals surface area (Å²) >= 11 is 6.01. The zero-order valence-electron chi connectivity index (χ0n) is 17.7. The molecule has 1 N–H and O–H groups in total. The molecule has 0 saturated carbocycles. The first-order valence-electron chi connectivity index (χ1n) is 10.6. The number of alkyl halides is 2. The highest BCUT2D eigenvalue weighted by Crippen LogP contribution is 2.40. The molecule has 0 bridgehead atoms. The lowest BCUT2D eigenvalue weighted by atomic mass is 9.95. The molecule has 6 nitrogen and oxygen atoms in total. The van der Waals surface area contributed by atoms with Gasteiger partial charge in [-0.3, -0.25) is 14.6 Å². The van der Waals surface area contributed by atoms with Crippen LogP contribution < -0.4 is 5.32 Å². The molecule has 1 atom stereocenters. The molecule has 9 heteroatoms. The maximum atomic E-state index is 13.6. The summed E-state index contributed by atoms with van der Waals surface area (Å²) in [6, 6.07) is 9.61. The van der Waals surface area contributed by atoms with Crippen LogP contribution in [0.25, 0.3) is 11.1 Å². The lowest BCUT2D eigenvalue weighted by Gasteiger charge is -2.19. The van der Waals surface area contributed by atoms with Crippen LogP contribution in [0.3, 0.4) is 0 Å². The maximum absolute atomic E-state index is 13.6. The minimum atomic E-state index is -3.11. The van der Waals surface area contributed by atoms with Gasteiger partial charge in [0.1, 0.15) is 6.04 Å². The summed E-state index contributed by atoms with van der Waals surface area (Å²) < 4.78 is 27.3. The van der Waals surface area contributed by atoms with Gasteiger partial charge < -0.3 is 10.2 Å². The summed E-state index contributed by atoms with van der Waals surface area (Å²) in [5.41, 5.74) is 4.17. The van der Waals surface area contributed by atoms with Crippen molar-refractivity contribution in [1.82, 2.24) is 15.2 Å². The van der Waals surface area contributed by atoms with Crippen LogP contribution in [0.4, 0.5) is 8.78 Å². The van der Waals surface area contributed by atoms with E-state index < -0.39 is 43.3 Å². The van der Waals surface area contributed by atoms with Gasteiger partial charge in [0.05, 0.1) is 19.2 Å². The standard InChI is InChI=1S/C24H21ClF2N4O2/c25-16-6-4-15(5-7-16)18-2-1-3-19(18)21-12-29-9-8-20(21)23(33)30-13-22(32)31-14-24(26,27)10-17(31)11-28/h4-9,12,17H,1-3,10,13-14H2,(H,30,33). The molecule has 2 heterocycles. The van der Waals surface area contributed by atoms with Gasteiger partial charge in [0, 0.05) is 35.0 Å². The highest BCUT2D eigenvalue weighted by molar-refractivity contribution is 6.30. The molecule has 1 aromatic heterocycles. The van der Waals surface area contributed by atoms with Crippen molar-refractivity contribution in [2.45, 2.75) is 37.6 Å². The third-order valence-electron chi connectivity index (χ3n) is 5.94. The minimum Gasteiger partial charge on any atom is -0.343 e. The van der Waals surface area contributed by atoms with E-state index >= 15 is 0 Å². The highest BCUT2D eigenvalue weighted by Gasteiger charge is 2.47. The smallest absolute Gasteiger partial charge is 0.268 e. The first-order chi connectivity index (χ1) is 15.8. The van der Waals surface area contributed by atoms with E-state index in [1.54, 1.807) is 18.3 Å². The van der Waals surface area contributed by atoms with Crippen molar-refractivity contribution >= 4 is 34.6 Å². The molecule has 1 aromatic carbocycles. The molecule has 0 radical (unpaired) electrons. The van der Waals surface area contributed by atoms with Crippen LogP contribution in [0, 0.1) is 11.3 Å². The van der Waals surface area contributed by atoms with Crippen LogP contribution in [0.15, 0.2) is 42.7 Å². The third kappa shape index (κ3) is 4.88. The van der Waals surface area contributed by atoms with Gasteiger partial charge in [0.2, 0.25) is 5.91 Å². The lowest BCUT2D eigenvalue weighted by Crippen LogP contribution is -2.43. The fraction of sp³-hybridized carbons (Fsp3) is 0.333. The number of allylic oxidation sites excluding steroid dienone is 2. The fourth-order valence-corrected chi connectivity index (χ4v) is 4.52. The van der Waals surface area contributed by atoms with Crippen molar-refractivity contribution in [3.05, 3.63) is 64.4 Å². The van der Waals surface area contributed by atoms with Crippen molar-refractivity contribution in [2.75, 3.05) is 13.1 Å². The first-order valence-corrected chi connectivity index (χ1v) is 10.9. The minimum absolute atomic E-state index is 0.352. The van der Waals surface area contributed by atoms with Gasteiger partial charge in [-0.15, -0.1) is 0 Å². The number of hydrogen-bond donors (Lipinski definition) is 1. The van der Waals surface area contributed by atoms with E-state index in [9.17, 15) is 18.4 Å². The van der Waals surface area contributed by atoms with Gasteiger partial charge in [-0.25, -0.2) is 8.78 Å². The van der Waals surface area contributed by atoms with E-state index in [-0.39, 0.29) is 0 Å². The molecule has 1 saturated heterocycles. The average Bonchev–Trinajstić information content (AvgIpc) is 3.41.